The molecule has 0 radical (unpaired) electrons. The van der Waals surface area contributed by atoms with E-state index in [0.717, 1.165) is 0 Å². The highest BCUT2D eigenvalue weighted by molar-refractivity contribution is 7.81. The van der Waals surface area contributed by atoms with Gasteiger partial charge in [-0.3, -0.25) is 0 Å². The Morgan fingerprint density at radius 2 is 2.10 bits per heavy atom. The largest absolute Gasteiger partial charge is 0.312 e. The van der Waals surface area contributed by atoms with Gasteiger partial charge in [-0.1, -0.05) is 12.7 Å². The van der Waals surface area contributed by atoms with Crippen molar-refractivity contribution in [2.75, 3.05) is 0 Å². The zero-order valence-electron chi connectivity index (χ0n) is 5.61. The third-order valence-electron chi connectivity index (χ3n) is 1.08. The van der Waals surface area contributed by atoms with E-state index in [2.05, 4.69) is 25.8 Å². The van der Waals surface area contributed by atoms with Crippen molar-refractivity contribution in [1.29, 1.82) is 0 Å². The highest BCUT2D eigenvalue weighted by Crippen LogP contribution is 2.29. The van der Waals surface area contributed by atoms with Crippen LogP contribution in [0.4, 0.5) is 8.78 Å². The molecule has 0 aromatic rings. The lowest BCUT2D eigenvalue weighted by Gasteiger charge is -2.10. The van der Waals surface area contributed by atoms with Crippen molar-refractivity contribution < 1.29 is 8.78 Å². The summed E-state index contributed by atoms with van der Waals surface area (Å²) in [7, 11) is 0. The van der Waals surface area contributed by atoms with Crippen LogP contribution in [0.1, 0.15) is 12.8 Å². The van der Waals surface area contributed by atoms with Crippen LogP contribution in [0.25, 0.3) is 0 Å². The van der Waals surface area contributed by atoms with Crippen LogP contribution in [0.15, 0.2) is 24.8 Å². The molecule has 0 aromatic heterocycles. The van der Waals surface area contributed by atoms with Crippen molar-refractivity contribution in [2.45, 2.75) is 18.1 Å². The van der Waals surface area contributed by atoms with Gasteiger partial charge < -0.3 is 0 Å². The first-order valence-corrected chi connectivity index (χ1v) is 3.32. The number of halogens is 2. The van der Waals surface area contributed by atoms with Gasteiger partial charge in [0.2, 0.25) is 0 Å². The summed E-state index contributed by atoms with van der Waals surface area (Å²) in [5.41, 5.74) is -0.157. The second kappa shape index (κ2) is 3.76. The van der Waals surface area contributed by atoms with Crippen molar-refractivity contribution in [1.82, 2.24) is 0 Å². The predicted molar refractivity (Wildman–Crippen MR) is 42.5 cm³/mol. The van der Waals surface area contributed by atoms with Gasteiger partial charge in [0.1, 0.15) is 0 Å². The molecule has 0 aliphatic heterocycles. The molecule has 0 atom stereocenters. The van der Waals surface area contributed by atoms with E-state index in [4.69, 9.17) is 0 Å². The molecule has 0 amide bonds. The Balaban J connectivity index is 3.74. The second-order valence-electron chi connectivity index (χ2n) is 1.97. The highest BCUT2D eigenvalue weighted by Gasteiger charge is 2.25. The molecule has 0 aliphatic carbocycles. The summed E-state index contributed by atoms with van der Waals surface area (Å²) in [5, 5.41) is -3.04. The highest BCUT2D eigenvalue weighted by atomic mass is 32.1. The minimum absolute atomic E-state index is 0.157. The van der Waals surface area contributed by atoms with Gasteiger partial charge >= 0.3 is 5.25 Å². The molecule has 3 heteroatoms. The van der Waals surface area contributed by atoms with Crippen LogP contribution in [0.5, 0.6) is 0 Å². The van der Waals surface area contributed by atoms with Crippen LogP contribution in [0, 0.1) is 0 Å². The molecule has 0 spiro atoms. The average Bonchev–Trinajstić information content (AvgIpc) is 1.80. The summed E-state index contributed by atoms with van der Waals surface area (Å²) in [5.74, 6) is 0. The van der Waals surface area contributed by atoms with Crippen LogP contribution in [0.2, 0.25) is 0 Å². The second-order valence-corrected chi connectivity index (χ2v) is 2.53. The molecular weight excluding hydrogens is 154 g/mol. The molecule has 0 saturated heterocycles. The van der Waals surface area contributed by atoms with Crippen molar-refractivity contribution in [2.24, 2.45) is 0 Å². The first-order chi connectivity index (χ1) is 4.48. The van der Waals surface area contributed by atoms with Gasteiger partial charge in [0.05, 0.1) is 0 Å². The van der Waals surface area contributed by atoms with Crippen molar-refractivity contribution in [3.63, 3.8) is 0 Å². The van der Waals surface area contributed by atoms with E-state index in [1.165, 1.54) is 0 Å². The molecular formula is C7H10F2S. The van der Waals surface area contributed by atoms with Crippen LogP contribution in [-0.2, 0) is 0 Å². The van der Waals surface area contributed by atoms with Gasteiger partial charge in [-0.15, -0.1) is 19.2 Å². The molecule has 0 bridgehead atoms. The fraction of sp³-hybridized carbons (Fsp3) is 0.429. The summed E-state index contributed by atoms with van der Waals surface area (Å²) >= 11 is 3.06. The Morgan fingerprint density at radius 1 is 1.60 bits per heavy atom. The third-order valence-corrected chi connectivity index (χ3v) is 1.39. The maximum absolute atomic E-state index is 12.2. The maximum Gasteiger partial charge on any atom is 0.312 e. The number of hydrogen-bond acceptors (Lipinski definition) is 1. The number of alkyl halides is 2. The van der Waals surface area contributed by atoms with E-state index in [1.54, 1.807) is 6.08 Å². The van der Waals surface area contributed by atoms with Crippen molar-refractivity contribution in [3.8, 4) is 0 Å². The molecule has 0 unspecified atom stereocenters. The predicted octanol–water partition coefficient (Wildman–Crippen LogP) is 3.03. The fourth-order valence-corrected chi connectivity index (χ4v) is 0.538. The maximum atomic E-state index is 12.2. The Labute approximate surface area is 65.0 Å². The molecule has 0 N–H and O–H groups in total. The normalized spacial score (nSPS) is 11.1. The van der Waals surface area contributed by atoms with Gasteiger partial charge in [-0.05, 0) is 12.8 Å². The zero-order valence-corrected chi connectivity index (χ0v) is 6.50. The van der Waals surface area contributed by atoms with E-state index < -0.39 is 5.25 Å². The number of allylic oxidation sites excluding steroid dienone is 1. The Morgan fingerprint density at radius 3 is 2.40 bits per heavy atom. The van der Waals surface area contributed by atoms with Gasteiger partial charge in [0.15, 0.2) is 0 Å². The summed E-state index contributed by atoms with van der Waals surface area (Å²) in [6.45, 7) is 6.59. The lowest BCUT2D eigenvalue weighted by Crippen LogP contribution is -2.08. The third kappa shape index (κ3) is 3.67. The van der Waals surface area contributed by atoms with E-state index in [1.807, 2.05) is 0 Å². The molecule has 0 fully saturated rings. The molecule has 0 heterocycles. The molecule has 58 valence electrons. The number of thiol groups is 1. The minimum atomic E-state index is -3.04. The standard InChI is InChI=1S/C7H10F2S/c1-3-4-5-6(2)7(8,9)10/h3,10H,1-2,4-5H2. The van der Waals surface area contributed by atoms with Crippen LogP contribution >= 0.6 is 12.6 Å². The van der Waals surface area contributed by atoms with Gasteiger partial charge in [0.25, 0.3) is 0 Å². The Bertz CT molecular complexity index is 135. The van der Waals surface area contributed by atoms with Crippen molar-refractivity contribution >= 4 is 12.6 Å². The van der Waals surface area contributed by atoms with Crippen LogP contribution in [-0.4, -0.2) is 5.25 Å². The zero-order chi connectivity index (χ0) is 8.20. The smallest absolute Gasteiger partial charge is 0.189 e. The fourth-order valence-electron chi connectivity index (χ4n) is 0.427. The molecule has 0 nitrogen and oxygen atoms in total. The Kier molecular flexibility index (Phi) is 3.64. The van der Waals surface area contributed by atoms with E-state index in [0.29, 0.717) is 6.42 Å². The van der Waals surface area contributed by atoms with Crippen molar-refractivity contribution in [3.05, 3.63) is 24.8 Å². The molecule has 0 rings (SSSR count). The Hall–Kier alpha value is -0.310. The molecule has 0 aromatic carbocycles. The summed E-state index contributed by atoms with van der Waals surface area (Å²) < 4.78 is 24.3. The lowest BCUT2D eigenvalue weighted by atomic mass is 10.2. The molecule has 0 aliphatic rings. The minimum Gasteiger partial charge on any atom is -0.189 e. The van der Waals surface area contributed by atoms with Gasteiger partial charge in [-0.25, -0.2) is 0 Å². The first-order valence-electron chi connectivity index (χ1n) is 2.88. The van der Waals surface area contributed by atoms with E-state index in [-0.39, 0.29) is 12.0 Å². The van der Waals surface area contributed by atoms with Crippen LogP contribution in [0.3, 0.4) is 0 Å². The van der Waals surface area contributed by atoms with Crippen LogP contribution < -0.4 is 0 Å². The number of hydrogen-bond donors (Lipinski definition) is 1. The first kappa shape index (κ1) is 9.69. The average molecular weight is 164 g/mol. The molecule has 0 saturated carbocycles. The quantitative estimate of drug-likeness (QED) is 0.479. The monoisotopic (exact) mass is 164 g/mol. The van der Waals surface area contributed by atoms with E-state index in [9.17, 15) is 8.78 Å². The van der Waals surface area contributed by atoms with E-state index >= 15 is 0 Å². The van der Waals surface area contributed by atoms with Gasteiger partial charge in [-0.2, -0.15) is 8.78 Å². The van der Waals surface area contributed by atoms with Gasteiger partial charge in [0, 0.05) is 5.57 Å². The number of rotatable bonds is 4. The lowest BCUT2D eigenvalue weighted by molar-refractivity contribution is 0.147. The summed E-state index contributed by atoms with van der Waals surface area (Å²) in [4.78, 5) is 0. The SMILES string of the molecule is C=CCCC(=C)C(F)(F)S. The topological polar surface area (TPSA) is 0 Å². The summed E-state index contributed by atoms with van der Waals surface area (Å²) in [6.07, 6.45) is 2.35. The molecule has 10 heavy (non-hydrogen) atoms. The summed E-state index contributed by atoms with van der Waals surface area (Å²) in [6, 6.07) is 0.